The summed E-state index contributed by atoms with van der Waals surface area (Å²) in [6, 6.07) is 10.3. The van der Waals surface area contributed by atoms with E-state index in [2.05, 4.69) is 36.3 Å². The van der Waals surface area contributed by atoms with Crippen LogP contribution in [0.4, 0.5) is 0 Å². The molecule has 0 aliphatic heterocycles. The van der Waals surface area contributed by atoms with Crippen molar-refractivity contribution < 1.29 is 0 Å². The van der Waals surface area contributed by atoms with E-state index in [1.54, 1.807) is 0 Å². The lowest BCUT2D eigenvalue weighted by Crippen LogP contribution is -2.23. The molecule has 88 valence electrons. The zero-order valence-electron chi connectivity index (χ0n) is 10.1. The zero-order chi connectivity index (χ0) is 12.5. The SMILES string of the molecule is C=CCN(CC=C)Cc1cccc(CC#N)c1. The molecule has 0 atom stereocenters. The Bertz CT molecular complexity index is 405. The normalized spacial score (nSPS) is 9.88. The number of nitriles is 1. The second-order valence-corrected chi connectivity index (χ2v) is 3.93. The number of nitrogens with zero attached hydrogens (tertiary/aromatic N) is 2. The highest BCUT2D eigenvalue weighted by molar-refractivity contribution is 5.25. The van der Waals surface area contributed by atoms with Crippen LogP contribution in [-0.4, -0.2) is 18.0 Å². The van der Waals surface area contributed by atoms with E-state index >= 15 is 0 Å². The Morgan fingerprint density at radius 2 is 1.82 bits per heavy atom. The molecular formula is C15H18N2. The molecule has 0 aromatic heterocycles. The Morgan fingerprint density at radius 1 is 1.18 bits per heavy atom. The summed E-state index contributed by atoms with van der Waals surface area (Å²) in [4.78, 5) is 2.24. The monoisotopic (exact) mass is 226 g/mol. The molecule has 17 heavy (non-hydrogen) atoms. The third-order valence-corrected chi connectivity index (χ3v) is 2.46. The fourth-order valence-corrected chi connectivity index (χ4v) is 1.76. The molecule has 0 radical (unpaired) electrons. The van der Waals surface area contributed by atoms with Gasteiger partial charge in [-0.15, -0.1) is 13.2 Å². The molecule has 0 aliphatic rings. The molecule has 0 fully saturated rings. The standard InChI is InChI=1S/C15H18N2/c1-3-10-17(11-4-2)13-15-7-5-6-14(12-15)8-9-16/h3-7,12H,1-2,8,10-11,13H2. The Balaban J connectivity index is 2.71. The van der Waals surface area contributed by atoms with Gasteiger partial charge in [0.2, 0.25) is 0 Å². The van der Waals surface area contributed by atoms with Gasteiger partial charge in [-0.3, -0.25) is 4.90 Å². The molecule has 0 unspecified atom stereocenters. The first kappa shape index (κ1) is 13.2. The molecule has 0 N–H and O–H groups in total. The summed E-state index contributed by atoms with van der Waals surface area (Å²) in [5.74, 6) is 0. The molecule has 0 spiro atoms. The summed E-state index contributed by atoms with van der Waals surface area (Å²) in [7, 11) is 0. The highest BCUT2D eigenvalue weighted by atomic mass is 15.1. The van der Waals surface area contributed by atoms with Crippen LogP contribution in [0.2, 0.25) is 0 Å². The smallest absolute Gasteiger partial charge is 0.0669 e. The third kappa shape index (κ3) is 4.67. The van der Waals surface area contributed by atoms with E-state index in [-0.39, 0.29) is 0 Å². The van der Waals surface area contributed by atoms with E-state index < -0.39 is 0 Å². The molecule has 1 rings (SSSR count). The van der Waals surface area contributed by atoms with Gasteiger partial charge < -0.3 is 0 Å². The second kappa shape index (κ2) is 7.43. The average Bonchev–Trinajstić information content (AvgIpc) is 2.30. The van der Waals surface area contributed by atoms with Crippen LogP contribution in [0.25, 0.3) is 0 Å². The topological polar surface area (TPSA) is 27.0 Å². The maximum atomic E-state index is 8.67. The molecule has 1 aromatic carbocycles. The van der Waals surface area contributed by atoms with Crippen molar-refractivity contribution in [2.24, 2.45) is 0 Å². The molecule has 2 nitrogen and oxygen atoms in total. The predicted octanol–water partition coefficient (Wildman–Crippen LogP) is 2.93. The maximum Gasteiger partial charge on any atom is 0.0669 e. The molecule has 0 bridgehead atoms. The Hall–Kier alpha value is -1.85. The van der Waals surface area contributed by atoms with Crippen molar-refractivity contribution in [2.45, 2.75) is 13.0 Å². The zero-order valence-corrected chi connectivity index (χ0v) is 10.1. The van der Waals surface area contributed by atoms with Crippen LogP contribution in [0.5, 0.6) is 0 Å². The van der Waals surface area contributed by atoms with E-state index in [0.717, 1.165) is 25.2 Å². The maximum absolute atomic E-state index is 8.67. The fourth-order valence-electron chi connectivity index (χ4n) is 1.76. The third-order valence-electron chi connectivity index (χ3n) is 2.46. The van der Waals surface area contributed by atoms with Crippen LogP contribution in [0.15, 0.2) is 49.6 Å². The van der Waals surface area contributed by atoms with Crippen molar-refractivity contribution in [3.63, 3.8) is 0 Å². The molecule has 0 saturated heterocycles. The molecule has 1 aromatic rings. The average molecular weight is 226 g/mol. The van der Waals surface area contributed by atoms with Gasteiger partial charge in [0.25, 0.3) is 0 Å². The van der Waals surface area contributed by atoms with Crippen LogP contribution in [0.1, 0.15) is 11.1 Å². The largest absolute Gasteiger partial charge is 0.292 e. The predicted molar refractivity (Wildman–Crippen MR) is 71.4 cm³/mol. The van der Waals surface area contributed by atoms with Crippen molar-refractivity contribution in [1.29, 1.82) is 5.26 Å². The van der Waals surface area contributed by atoms with Gasteiger partial charge in [-0.05, 0) is 11.1 Å². The lowest BCUT2D eigenvalue weighted by molar-refractivity contribution is 0.327. The first-order valence-corrected chi connectivity index (χ1v) is 5.69. The van der Waals surface area contributed by atoms with Gasteiger partial charge in [-0.1, -0.05) is 36.4 Å². The number of benzene rings is 1. The van der Waals surface area contributed by atoms with Gasteiger partial charge in [0, 0.05) is 19.6 Å². The molecule has 0 aliphatic carbocycles. The quantitative estimate of drug-likeness (QED) is 0.668. The van der Waals surface area contributed by atoms with Gasteiger partial charge in [-0.2, -0.15) is 5.26 Å². The van der Waals surface area contributed by atoms with Crippen LogP contribution in [-0.2, 0) is 13.0 Å². The second-order valence-electron chi connectivity index (χ2n) is 3.93. The number of hydrogen-bond donors (Lipinski definition) is 0. The summed E-state index contributed by atoms with van der Waals surface area (Å²) in [6.45, 7) is 10.0. The van der Waals surface area contributed by atoms with E-state index in [1.165, 1.54) is 5.56 Å². The van der Waals surface area contributed by atoms with Crippen molar-refractivity contribution >= 4 is 0 Å². The molecule has 0 saturated carbocycles. The molecule has 0 amide bonds. The van der Waals surface area contributed by atoms with Crippen molar-refractivity contribution in [1.82, 2.24) is 4.90 Å². The number of rotatable bonds is 7. The Morgan fingerprint density at radius 3 is 2.41 bits per heavy atom. The van der Waals surface area contributed by atoms with Crippen LogP contribution < -0.4 is 0 Å². The van der Waals surface area contributed by atoms with Crippen LogP contribution in [0, 0.1) is 11.3 Å². The minimum atomic E-state index is 0.469. The fraction of sp³-hybridized carbons (Fsp3) is 0.267. The van der Waals surface area contributed by atoms with E-state index in [9.17, 15) is 0 Å². The van der Waals surface area contributed by atoms with Gasteiger partial charge in [-0.25, -0.2) is 0 Å². The highest BCUT2D eigenvalue weighted by Gasteiger charge is 2.02. The Kier molecular flexibility index (Phi) is 5.77. The number of hydrogen-bond acceptors (Lipinski definition) is 2. The minimum absolute atomic E-state index is 0.469. The van der Waals surface area contributed by atoms with E-state index in [0.29, 0.717) is 6.42 Å². The summed E-state index contributed by atoms with van der Waals surface area (Å²) in [5, 5.41) is 8.67. The molecule has 0 heterocycles. The van der Waals surface area contributed by atoms with Crippen LogP contribution >= 0.6 is 0 Å². The van der Waals surface area contributed by atoms with Crippen molar-refractivity contribution in [3.05, 3.63) is 60.7 Å². The summed E-state index contributed by atoms with van der Waals surface area (Å²) >= 11 is 0. The highest BCUT2D eigenvalue weighted by Crippen LogP contribution is 2.09. The van der Waals surface area contributed by atoms with Crippen LogP contribution in [0.3, 0.4) is 0 Å². The minimum Gasteiger partial charge on any atom is -0.292 e. The van der Waals surface area contributed by atoms with Crippen molar-refractivity contribution in [2.75, 3.05) is 13.1 Å². The van der Waals surface area contributed by atoms with Gasteiger partial charge in [0.05, 0.1) is 12.5 Å². The van der Waals surface area contributed by atoms with E-state index in [4.69, 9.17) is 5.26 Å². The summed E-state index contributed by atoms with van der Waals surface area (Å²) in [5.41, 5.74) is 2.30. The first-order valence-electron chi connectivity index (χ1n) is 5.69. The molecule has 2 heteroatoms. The summed E-state index contributed by atoms with van der Waals surface area (Å²) in [6.07, 6.45) is 4.25. The van der Waals surface area contributed by atoms with E-state index in [1.807, 2.05) is 24.3 Å². The van der Waals surface area contributed by atoms with Gasteiger partial charge in [0.15, 0.2) is 0 Å². The first-order chi connectivity index (χ1) is 8.30. The lowest BCUT2D eigenvalue weighted by Gasteiger charge is -2.18. The summed E-state index contributed by atoms with van der Waals surface area (Å²) < 4.78 is 0. The Labute approximate surface area is 103 Å². The van der Waals surface area contributed by atoms with Crippen molar-refractivity contribution in [3.8, 4) is 6.07 Å². The van der Waals surface area contributed by atoms with Gasteiger partial charge >= 0.3 is 0 Å². The lowest BCUT2D eigenvalue weighted by atomic mass is 10.1. The van der Waals surface area contributed by atoms with Gasteiger partial charge in [0.1, 0.15) is 0 Å². The molecular weight excluding hydrogens is 208 g/mol.